The molecule has 100 valence electrons. The van der Waals surface area contributed by atoms with Gasteiger partial charge in [0, 0.05) is 38.1 Å². The van der Waals surface area contributed by atoms with Crippen LogP contribution in [-0.2, 0) is 16.4 Å². The highest BCUT2D eigenvalue weighted by molar-refractivity contribution is 7.89. The van der Waals surface area contributed by atoms with E-state index in [1.165, 1.54) is 0 Å². The van der Waals surface area contributed by atoms with Crippen molar-refractivity contribution in [2.24, 2.45) is 0 Å². The van der Waals surface area contributed by atoms with Crippen LogP contribution in [0.1, 0.15) is 12.5 Å². The van der Waals surface area contributed by atoms with Gasteiger partial charge in [0.25, 0.3) is 0 Å². The Hall–Kier alpha value is -0.980. The number of rotatable bonds is 4. The van der Waals surface area contributed by atoms with Gasteiger partial charge in [-0.05, 0) is 31.0 Å². The fourth-order valence-corrected chi connectivity index (χ4v) is 3.87. The molecule has 0 bridgehead atoms. The van der Waals surface area contributed by atoms with Crippen molar-refractivity contribution < 1.29 is 8.42 Å². The fraction of sp³-hybridized carbons (Fsp3) is 0.583. The van der Waals surface area contributed by atoms with Gasteiger partial charge in [0.15, 0.2) is 0 Å². The maximum atomic E-state index is 12.3. The Bertz CT molecular complexity index is 475. The lowest BCUT2D eigenvalue weighted by Crippen LogP contribution is -2.52. The van der Waals surface area contributed by atoms with Crippen molar-refractivity contribution in [2.75, 3.05) is 25.4 Å². The maximum absolute atomic E-state index is 12.3. The molecule has 2 heterocycles. The Morgan fingerprint density at radius 2 is 2.17 bits per heavy atom. The summed E-state index contributed by atoms with van der Waals surface area (Å²) >= 11 is 0. The van der Waals surface area contributed by atoms with Crippen molar-refractivity contribution in [3.63, 3.8) is 0 Å². The largest absolute Gasteiger partial charge is 0.314 e. The van der Waals surface area contributed by atoms with Crippen LogP contribution in [0.4, 0.5) is 0 Å². The van der Waals surface area contributed by atoms with Gasteiger partial charge in [-0.25, -0.2) is 8.42 Å². The van der Waals surface area contributed by atoms with Gasteiger partial charge in [0.05, 0.1) is 5.75 Å². The molecule has 5 nitrogen and oxygen atoms in total. The summed E-state index contributed by atoms with van der Waals surface area (Å²) in [6.45, 7) is 3.98. The van der Waals surface area contributed by atoms with Gasteiger partial charge < -0.3 is 5.32 Å². The Morgan fingerprint density at radius 1 is 1.44 bits per heavy atom. The third kappa shape index (κ3) is 3.28. The van der Waals surface area contributed by atoms with Crippen LogP contribution in [0, 0.1) is 0 Å². The van der Waals surface area contributed by atoms with Crippen LogP contribution in [0.2, 0.25) is 0 Å². The number of hydrogen-bond acceptors (Lipinski definition) is 4. The normalized spacial score (nSPS) is 21.9. The van der Waals surface area contributed by atoms with Crippen molar-refractivity contribution in [3.8, 4) is 0 Å². The zero-order chi connectivity index (χ0) is 13.0. The van der Waals surface area contributed by atoms with E-state index in [0.29, 0.717) is 13.0 Å². The first kappa shape index (κ1) is 13.5. The predicted octanol–water partition coefficient (Wildman–Crippen LogP) is 0.248. The minimum atomic E-state index is -3.16. The van der Waals surface area contributed by atoms with Gasteiger partial charge in [-0.3, -0.25) is 4.98 Å². The molecule has 1 atom stereocenters. The van der Waals surface area contributed by atoms with Crippen molar-refractivity contribution in [3.05, 3.63) is 30.1 Å². The van der Waals surface area contributed by atoms with E-state index >= 15 is 0 Å². The third-order valence-corrected chi connectivity index (χ3v) is 5.17. The highest BCUT2D eigenvalue weighted by atomic mass is 32.2. The SMILES string of the molecule is C[C@@H]1CNCCN1S(=O)(=O)CCc1ccncc1. The van der Waals surface area contributed by atoms with Gasteiger partial charge in [-0.2, -0.15) is 4.31 Å². The van der Waals surface area contributed by atoms with Crippen molar-refractivity contribution in [2.45, 2.75) is 19.4 Å². The van der Waals surface area contributed by atoms with Crippen molar-refractivity contribution in [1.82, 2.24) is 14.6 Å². The first-order chi connectivity index (χ1) is 8.59. The molecule has 0 amide bonds. The molecule has 0 unspecified atom stereocenters. The molecule has 0 aliphatic carbocycles. The molecule has 1 aromatic heterocycles. The first-order valence-corrected chi connectivity index (χ1v) is 7.79. The summed E-state index contributed by atoms with van der Waals surface area (Å²) in [6.07, 6.45) is 3.92. The third-order valence-electron chi connectivity index (χ3n) is 3.20. The quantitative estimate of drug-likeness (QED) is 0.851. The van der Waals surface area contributed by atoms with E-state index in [1.54, 1.807) is 16.7 Å². The summed E-state index contributed by atoms with van der Waals surface area (Å²) in [7, 11) is -3.16. The molecular weight excluding hydrogens is 250 g/mol. The van der Waals surface area contributed by atoms with E-state index in [2.05, 4.69) is 10.3 Å². The van der Waals surface area contributed by atoms with E-state index in [1.807, 2.05) is 19.1 Å². The Labute approximate surface area is 108 Å². The van der Waals surface area contributed by atoms with Crippen LogP contribution in [-0.4, -0.2) is 49.1 Å². The first-order valence-electron chi connectivity index (χ1n) is 6.19. The molecule has 1 aliphatic rings. The smallest absolute Gasteiger partial charge is 0.214 e. The zero-order valence-electron chi connectivity index (χ0n) is 10.5. The van der Waals surface area contributed by atoms with E-state index in [-0.39, 0.29) is 11.8 Å². The second kappa shape index (κ2) is 5.77. The number of nitrogens with one attached hydrogen (secondary N) is 1. The summed E-state index contributed by atoms with van der Waals surface area (Å²) in [5.41, 5.74) is 1.01. The number of sulfonamides is 1. The highest BCUT2D eigenvalue weighted by Gasteiger charge is 2.28. The molecule has 1 aliphatic heterocycles. The number of pyridine rings is 1. The number of hydrogen-bond donors (Lipinski definition) is 1. The number of aryl methyl sites for hydroxylation is 1. The number of nitrogens with zero attached hydrogens (tertiary/aromatic N) is 2. The second-order valence-corrected chi connectivity index (χ2v) is 6.63. The topological polar surface area (TPSA) is 62.3 Å². The molecule has 6 heteroatoms. The van der Waals surface area contributed by atoms with Crippen LogP contribution >= 0.6 is 0 Å². The maximum Gasteiger partial charge on any atom is 0.214 e. The Kier molecular flexibility index (Phi) is 4.31. The molecule has 1 aromatic rings. The van der Waals surface area contributed by atoms with E-state index in [9.17, 15) is 8.42 Å². The molecule has 0 aromatic carbocycles. The molecule has 1 N–H and O–H groups in total. The van der Waals surface area contributed by atoms with Gasteiger partial charge in [-0.15, -0.1) is 0 Å². The van der Waals surface area contributed by atoms with Crippen LogP contribution in [0.3, 0.4) is 0 Å². The minimum Gasteiger partial charge on any atom is -0.314 e. The summed E-state index contributed by atoms with van der Waals surface area (Å²) < 4.78 is 26.1. The number of piperazine rings is 1. The lowest BCUT2D eigenvalue weighted by Gasteiger charge is -2.32. The van der Waals surface area contributed by atoms with E-state index < -0.39 is 10.0 Å². The Morgan fingerprint density at radius 3 is 2.83 bits per heavy atom. The molecular formula is C12H19N3O2S. The lowest BCUT2D eigenvalue weighted by atomic mass is 10.2. The molecule has 1 fully saturated rings. The fourth-order valence-electron chi connectivity index (χ4n) is 2.15. The average molecular weight is 269 g/mol. The highest BCUT2D eigenvalue weighted by Crippen LogP contribution is 2.11. The van der Waals surface area contributed by atoms with Crippen molar-refractivity contribution in [1.29, 1.82) is 0 Å². The van der Waals surface area contributed by atoms with Gasteiger partial charge >= 0.3 is 0 Å². The minimum absolute atomic E-state index is 0.0428. The summed E-state index contributed by atoms with van der Waals surface area (Å²) in [5.74, 6) is 0.168. The second-order valence-electron chi connectivity index (χ2n) is 4.59. The van der Waals surface area contributed by atoms with Gasteiger partial charge in [-0.1, -0.05) is 0 Å². The molecule has 0 spiro atoms. The summed E-state index contributed by atoms with van der Waals surface area (Å²) in [6, 6.07) is 3.76. The van der Waals surface area contributed by atoms with E-state index in [4.69, 9.17) is 0 Å². The van der Waals surface area contributed by atoms with Crippen LogP contribution in [0.5, 0.6) is 0 Å². The molecule has 2 rings (SSSR count). The monoisotopic (exact) mass is 269 g/mol. The molecule has 1 saturated heterocycles. The standard InChI is InChI=1S/C12H19N3O2S/c1-11-10-14-7-8-15(11)18(16,17)9-4-12-2-5-13-6-3-12/h2-3,5-6,11,14H,4,7-10H2,1H3/t11-/m1/s1. The molecule has 0 radical (unpaired) electrons. The number of aromatic nitrogens is 1. The summed E-state index contributed by atoms with van der Waals surface area (Å²) in [5, 5.41) is 3.20. The van der Waals surface area contributed by atoms with Gasteiger partial charge in [0.2, 0.25) is 10.0 Å². The van der Waals surface area contributed by atoms with Crippen LogP contribution in [0.25, 0.3) is 0 Å². The van der Waals surface area contributed by atoms with Crippen LogP contribution in [0.15, 0.2) is 24.5 Å². The van der Waals surface area contributed by atoms with E-state index in [0.717, 1.165) is 18.7 Å². The predicted molar refractivity (Wildman–Crippen MR) is 70.8 cm³/mol. The van der Waals surface area contributed by atoms with Crippen molar-refractivity contribution >= 4 is 10.0 Å². The van der Waals surface area contributed by atoms with Crippen LogP contribution < -0.4 is 5.32 Å². The molecule has 18 heavy (non-hydrogen) atoms. The summed E-state index contributed by atoms with van der Waals surface area (Å²) in [4.78, 5) is 3.92. The average Bonchev–Trinajstić information content (AvgIpc) is 2.38. The van der Waals surface area contributed by atoms with Gasteiger partial charge in [0.1, 0.15) is 0 Å². The lowest BCUT2D eigenvalue weighted by molar-refractivity contribution is 0.284. The Balaban J connectivity index is 1.99. The zero-order valence-corrected chi connectivity index (χ0v) is 11.4. The molecule has 0 saturated carbocycles.